The van der Waals surface area contributed by atoms with E-state index in [1.54, 1.807) is 0 Å². The zero-order valence-corrected chi connectivity index (χ0v) is 14.4. The Morgan fingerprint density at radius 2 is 1.48 bits per heavy atom. The van der Waals surface area contributed by atoms with Crippen LogP contribution in [0.4, 0.5) is 0 Å². The van der Waals surface area contributed by atoms with E-state index in [0.29, 0.717) is 0 Å². The molecule has 0 bridgehead atoms. The third-order valence-corrected chi connectivity index (χ3v) is 4.97. The molecular weight excluding hydrogens is 369 g/mol. The summed E-state index contributed by atoms with van der Waals surface area (Å²) in [5.41, 5.74) is 3.99. The van der Waals surface area contributed by atoms with Crippen LogP contribution in [0, 0.1) is 10.5 Å². The van der Waals surface area contributed by atoms with Crippen molar-refractivity contribution in [2.75, 3.05) is 7.05 Å². The highest BCUT2D eigenvalue weighted by Gasteiger charge is 2.17. The zero-order chi connectivity index (χ0) is 14.8. The summed E-state index contributed by atoms with van der Waals surface area (Å²) in [6.45, 7) is 2.17. The summed E-state index contributed by atoms with van der Waals surface area (Å²) in [5.74, 6) is 0. The largest absolute Gasteiger partial charge is 0.309 e. The summed E-state index contributed by atoms with van der Waals surface area (Å²) in [6.07, 6.45) is 0. The van der Waals surface area contributed by atoms with Gasteiger partial charge in [-0.05, 0) is 70.1 Å². The molecule has 1 unspecified atom stereocenters. The van der Waals surface area contributed by atoms with Gasteiger partial charge in [-0.1, -0.05) is 54.6 Å². The molecular formula is C19H18IN. The van der Waals surface area contributed by atoms with Gasteiger partial charge in [0, 0.05) is 3.57 Å². The molecule has 0 radical (unpaired) electrons. The van der Waals surface area contributed by atoms with Crippen LogP contribution in [0.2, 0.25) is 0 Å². The van der Waals surface area contributed by atoms with Gasteiger partial charge in [0.15, 0.2) is 0 Å². The predicted molar refractivity (Wildman–Crippen MR) is 98.7 cm³/mol. The SMILES string of the molecule is CNC(c1ccccc1I)c1ccc(C)c2ccccc12. The van der Waals surface area contributed by atoms with Crippen molar-refractivity contribution in [3.63, 3.8) is 0 Å². The normalized spacial score (nSPS) is 12.5. The Morgan fingerprint density at radius 3 is 2.19 bits per heavy atom. The number of hydrogen-bond acceptors (Lipinski definition) is 1. The van der Waals surface area contributed by atoms with Gasteiger partial charge >= 0.3 is 0 Å². The second kappa shape index (κ2) is 6.16. The molecule has 0 aliphatic heterocycles. The van der Waals surface area contributed by atoms with E-state index in [-0.39, 0.29) is 6.04 Å². The topological polar surface area (TPSA) is 12.0 Å². The predicted octanol–water partition coefficient (Wildman–Crippen LogP) is 5.06. The van der Waals surface area contributed by atoms with E-state index in [0.717, 1.165) is 0 Å². The number of halogens is 1. The number of nitrogens with one attached hydrogen (secondary N) is 1. The average Bonchev–Trinajstić information content (AvgIpc) is 2.52. The van der Waals surface area contributed by atoms with Gasteiger partial charge in [0.25, 0.3) is 0 Å². The molecule has 1 atom stereocenters. The molecule has 106 valence electrons. The zero-order valence-electron chi connectivity index (χ0n) is 12.2. The van der Waals surface area contributed by atoms with Crippen molar-refractivity contribution in [1.29, 1.82) is 0 Å². The van der Waals surface area contributed by atoms with Gasteiger partial charge in [-0.25, -0.2) is 0 Å². The summed E-state index contributed by atoms with van der Waals surface area (Å²) in [4.78, 5) is 0. The highest BCUT2D eigenvalue weighted by molar-refractivity contribution is 14.1. The minimum absolute atomic E-state index is 0.212. The molecule has 0 saturated carbocycles. The van der Waals surface area contributed by atoms with Crippen molar-refractivity contribution in [3.05, 3.63) is 80.9 Å². The average molecular weight is 387 g/mol. The van der Waals surface area contributed by atoms with E-state index >= 15 is 0 Å². The lowest BCUT2D eigenvalue weighted by molar-refractivity contribution is 0.693. The molecule has 0 heterocycles. The van der Waals surface area contributed by atoms with E-state index < -0.39 is 0 Å². The Balaban J connectivity index is 2.23. The first-order valence-electron chi connectivity index (χ1n) is 7.12. The van der Waals surface area contributed by atoms with E-state index in [9.17, 15) is 0 Å². The van der Waals surface area contributed by atoms with Gasteiger partial charge in [-0.2, -0.15) is 0 Å². The molecule has 0 spiro atoms. The molecule has 2 heteroatoms. The number of rotatable bonds is 3. The fraction of sp³-hybridized carbons (Fsp3) is 0.158. The fourth-order valence-corrected chi connectivity index (χ4v) is 3.61. The van der Waals surface area contributed by atoms with Crippen molar-refractivity contribution in [2.24, 2.45) is 0 Å². The number of hydrogen-bond donors (Lipinski definition) is 1. The fourth-order valence-electron chi connectivity index (χ4n) is 2.91. The second-order valence-electron chi connectivity index (χ2n) is 5.26. The lowest BCUT2D eigenvalue weighted by atomic mass is 9.92. The molecule has 3 aromatic carbocycles. The highest BCUT2D eigenvalue weighted by atomic mass is 127. The minimum Gasteiger partial charge on any atom is -0.309 e. The van der Waals surface area contributed by atoms with Gasteiger partial charge in [-0.15, -0.1) is 0 Å². The van der Waals surface area contributed by atoms with E-state index in [1.807, 2.05) is 7.05 Å². The minimum atomic E-state index is 0.212. The van der Waals surface area contributed by atoms with Crippen molar-refractivity contribution in [2.45, 2.75) is 13.0 Å². The molecule has 3 rings (SSSR count). The van der Waals surface area contributed by atoms with Crippen molar-refractivity contribution >= 4 is 33.4 Å². The molecule has 0 aliphatic carbocycles. The van der Waals surface area contributed by atoms with E-state index in [2.05, 4.69) is 95.5 Å². The standard InChI is InChI=1S/C19H18IN/c1-13-11-12-16(15-8-4-3-7-14(13)15)19(21-2)17-9-5-6-10-18(17)20/h3-12,19,21H,1-2H3. The number of benzene rings is 3. The molecule has 0 aromatic heterocycles. The molecule has 0 aliphatic rings. The number of fused-ring (bicyclic) bond motifs is 1. The lowest BCUT2D eigenvalue weighted by Crippen LogP contribution is -2.19. The van der Waals surface area contributed by atoms with E-state index in [4.69, 9.17) is 0 Å². The molecule has 1 nitrogen and oxygen atoms in total. The Kier molecular flexibility index (Phi) is 4.27. The van der Waals surface area contributed by atoms with E-state index in [1.165, 1.54) is 31.0 Å². The third kappa shape index (κ3) is 2.70. The second-order valence-corrected chi connectivity index (χ2v) is 6.42. The quantitative estimate of drug-likeness (QED) is 0.620. The van der Waals surface area contributed by atoms with Crippen LogP contribution in [0.25, 0.3) is 10.8 Å². The Morgan fingerprint density at radius 1 is 0.810 bits per heavy atom. The first-order valence-corrected chi connectivity index (χ1v) is 8.20. The lowest BCUT2D eigenvalue weighted by Gasteiger charge is -2.21. The summed E-state index contributed by atoms with van der Waals surface area (Å²) < 4.78 is 1.29. The summed E-state index contributed by atoms with van der Waals surface area (Å²) >= 11 is 2.42. The van der Waals surface area contributed by atoms with Crippen LogP contribution in [0.15, 0.2) is 60.7 Å². The van der Waals surface area contributed by atoms with Gasteiger partial charge < -0.3 is 5.32 Å². The summed E-state index contributed by atoms with van der Waals surface area (Å²) in [7, 11) is 2.03. The Bertz CT molecular complexity index is 779. The van der Waals surface area contributed by atoms with Gasteiger partial charge in [0.05, 0.1) is 6.04 Å². The molecule has 0 amide bonds. The van der Waals surface area contributed by atoms with Crippen molar-refractivity contribution in [1.82, 2.24) is 5.32 Å². The summed E-state index contributed by atoms with van der Waals surface area (Å²) in [5, 5.41) is 6.15. The van der Waals surface area contributed by atoms with Crippen LogP contribution in [0.3, 0.4) is 0 Å². The molecule has 0 fully saturated rings. The number of aryl methyl sites for hydroxylation is 1. The maximum absolute atomic E-state index is 3.48. The monoisotopic (exact) mass is 387 g/mol. The molecule has 21 heavy (non-hydrogen) atoms. The van der Waals surface area contributed by atoms with Gasteiger partial charge in [-0.3, -0.25) is 0 Å². The van der Waals surface area contributed by atoms with Crippen LogP contribution in [-0.2, 0) is 0 Å². The van der Waals surface area contributed by atoms with Crippen LogP contribution in [-0.4, -0.2) is 7.05 Å². The van der Waals surface area contributed by atoms with Crippen LogP contribution >= 0.6 is 22.6 Å². The first kappa shape index (κ1) is 14.5. The summed E-state index contributed by atoms with van der Waals surface area (Å²) in [6, 6.07) is 21.9. The Labute approximate surface area is 139 Å². The van der Waals surface area contributed by atoms with Gasteiger partial charge in [0.2, 0.25) is 0 Å². The highest BCUT2D eigenvalue weighted by Crippen LogP contribution is 2.32. The van der Waals surface area contributed by atoms with Crippen LogP contribution in [0.5, 0.6) is 0 Å². The first-order chi connectivity index (χ1) is 10.2. The third-order valence-electron chi connectivity index (χ3n) is 3.99. The van der Waals surface area contributed by atoms with Crippen molar-refractivity contribution < 1.29 is 0 Å². The van der Waals surface area contributed by atoms with Crippen LogP contribution in [0.1, 0.15) is 22.7 Å². The molecule has 3 aromatic rings. The maximum Gasteiger partial charge on any atom is 0.0590 e. The Hall–Kier alpha value is -1.39. The smallest absolute Gasteiger partial charge is 0.0590 e. The molecule has 1 N–H and O–H groups in total. The maximum atomic E-state index is 3.48. The van der Waals surface area contributed by atoms with Crippen molar-refractivity contribution in [3.8, 4) is 0 Å². The van der Waals surface area contributed by atoms with Gasteiger partial charge in [0.1, 0.15) is 0 Å². The van der Waals surface area contributed by atoms with Crippen LogP contribution < -0.4 is 5.32 Å². The molecule has 0 saturated heterocycles.